The molecule has 0 saturated heterocycles. The fraction of sp³-hybridized carbons (Fsp3) is 0.800. The van der Waals surface area contributed by atoms with Crippen molar-refractivity contribution in [1.82, 2.24) is 15.2 Å². The van der Waals surface area contributed by atoms with Crippen LogP contribution < -0.4 is 11.3 Å². The fourth-order valence-corrected chi connectivity index (χ4v) is 3.17. The molecule has 1 aromatic rings. The highest BCUT2D eigenvalue weighted by Gasteiger charge is 2.36. The van der Waals surface area contributed by atoms with Gasteiger partial charge in [-0.3, -0.25) is 16.0 Å². The van der Waals surface area contributed by atoms with Crippen molar-refractivity contribution >= 4 is 0 Å². The second-order valence-electron chi connectivity index (χ2n) is 6.33. The smallest absolute Gasteiger partial charge is 0.0640 e. The molecule has 0 amide bonds. The molecule has 108 valence electrons. The molecule has 2 unspecified atom stereocenters. The molecule has 1 aliphatic rings. The van der Waals surface area contributed by atoms with Gasteiger partial charge in [0.1, 0.15) is 0 Å². The molecular formula is C15H28N4. The zero-order valence-corrected chi connectivity index (χ0v) is 12.5. The van der Waals surface area contributed by atoms with E-state index in [2.05, 4.69) is 43.1 Å². The number of hydrogen-bond acceptors (Lipinski definition) is 3. The van der Waals surface area contributed by atoms with Crippen LogP contribution in [0.15, 0.2) is 12.3 Å². The molecule has 1 saturated carbocycles. The van der Waals surface area contributed by atoms with Gasteiger partial charge < -0.3 is 0 Å². The quantitative estimate of drug-likeness (QED) is 0.613. The van der Waals surface area contributed by atoms with Gasteiger partial charge in [0.25, 0.3) is 0 Å². The molecule has 0 bridgehead atoms. The Morgan fingerprint density at radius 3 is 2.74 bits per heavy atom. The first-order valence-electron chi connectivity index (χ1n) is 7.59. The Balaban J connectivity index is 2.04. The normalized spacial score (nSPS) is 21.5. The summed E-state index contributed by atoms with van der Waals surface area (Å²) in [5.41, 5.74) is 4.51. The summed E-state index contributed by atoms with van der Waals surface area (Å²) in [7, 11) is 0. The van der Waals surface area contributed by atoms with Crippen molar-refractivity contribution in [2.75, 3.05) is 0 Å². The second kappa shape index (κ2) is 6.06. The van der Waals surface area contributed by atoms with Crippen LogP contribution in [0.5, 0.6) is 0 Å². The van der Waals surface area contributed by atoms with Crippen LogP contribution in [0.4, 0.5) is 0 Å². The SMILES string of the molecule is CCC(C)n1ccc(CC(NN)C2(C)CCCC2)n1. The van der Waals surface area contributed by atoms with Gasteiger partial charge in [0.15, 0.2) is 0 Å². The fourth-order valence-electron chi connectivity index (χ4n) is 3.17. The van der Waals surface area contributed by atoms with Crippen LogP contribution in [0.2, 0.25) is 0 Å². The minimum atomic E-state index is 0.328. The Morgan fingerprint density at radius 1 is 1.47 bits per heavy atom. The zero-order chi connectivity index (χ0) is 13.9. The van der Waals surface area contributed by atoms with Crippen molar-refractivity contribution in [1.29, 1.82) is 0 Å². The van der Waals surface area contributed by atoms with Crippen LogP contribution in [0.1, 0.15) is 64.6 Å². The predicted molar refractivity (Wildman–Crippen MR) is 78.6 cm³/mol. The Hall–Kier alpha value is -0.870. The highest BCUT2D eigenvalue weighted by Crippen LogP contribution is 2.41. The van der Waals surface area contributed by atoms with Crippen molar-refractivity contribution in [2.24, 2.45) is 11.3 Å². The van der Waals surface area contributed by atoms with Crippen LogP contribution in [0.3, 0.4) is 0 Å². The molecule has 1 aromatic heterocycles. The number of nitrogens with two attached hydrogens (primary N) is 1. The molecule has 0 spiro atoms. The molecule has 3 N–H and O–H groups in total. The summed E-state index contributed by atoms with van der Waals surface area (Å²) >= 11 is 0. The van der Waals surface area contributed by atoms with Gasteiger partial charge in [0.05, 0.1) is 5.69 Å². The first-order valence-corrected chi connectivity index (χ1v) is 7.59. The molecule has 4 nitrogen and oxygen atoms in total. The molecule has 1 heterocycles. The molecule has 1 fully saturated rings. The van der Waals surface area contributed by atoms with E-state index in [0.717, 1.165) is 18.5 Å². The molecule has 0 aromatic carbocycles. The summed E-state index contributed by atoms with van der Waals surface area (Å²) < 4.78 is 2.07. The Bertz CT molecular complexity index is 393. The number of aromatic nitrogens is 2. The maximum absolute atomic E-state index is 5.79. The first-order chi connectivity index (χ1) is 9.09. The third-order valence-electron chi connectivity index (χ3n) is 4.91. The van der Waals surface area contributed by atoms with E-state index in [4.69, 9.17) is 10.9 Å². The highest BCUT2D eigenvalue weighted by atomic mass is 15.3. The van der Waals surface area contributed by atoms with Gasteiger partial charge in [0.2, 0.25) is 0 Å². The number of rotatable bonds is 6. The topological polar surface area (TPSA) is 55.9 Å². The summed E-state index contributed by atoms with van der Waals surface area (Å²) in [5.74, 6) is 5.79. The number of nitrogens with one attached hydrogen (secondary N) is 1. The molecule has 4 heteroatoms. The van der Waals surface area contributed by atoms with Crippen LogP contribution in [0, 0.1) is 5.41 Å². The monoisotopic (exact) mass is 264 g/mol. The lowest BCUT2D eigenvalue weighted by molar-refractivity contribution is 0.219. The maximum atomic E-state index is 5.79. The van der Waals surface area contributed by atoms with Crippen LogP contribution in [-0.4, -0.2) is 15.8 Å². The van der Waals surface area contributed by atoms with Crippen molar-refractivity contribution in [3.8, 4) is 0 Å². The lowest BCUT2D eigenvalue weighted by Gasteiger charge is -2.33. The second-order valence-corrected chi connectivity index (χ2v) is 6.33. The highest BCUT2D eigenvalue weighted by molar-refractivity contribution is 5.05. The molecular weight excluding hydrogens is 236 g/mol. The van der Waals surface area contributed by atoms with Gasteiger partial charge in [-0.1, -0.05) is 26.7 Å². The average Bonchev–Trinajstić information content (AvgIpc) is 3.04. The molecule has 1 aliphatic carbocycles. The van der Waals surface area contributed by atoms with E-state index < -0.39 is 0 Å². The molecule has 2 atom stereocenters. The largest absolute Gasteiger partial charge is 0.271 e. The molecule has 19 heavy (non-hydrogen) atoms. The minimum Gasteiger partial charge on any atom is -0.271 e. The number of nitrogens with zero attached hydrogens (tertiary/aromatic N) is 2. The van der Waals surface area contributed by atoms with E-state index in [9.17, 15) is 0 Å². The maximum Gasteiger partial charge on any atom is 0.0640 e. The lowest BCUT2D eigenvalue weighted by Crippen LogP contribution is -2.47. The van der Waals surface area contributed by atoms with Gasteiger partial charge in [-0.2, -0.15) is 5.10 Å². The molecule has 0 aliphatic heterocycles. The van der Waals surface area contributed by atoms with Crippen molar-refractivity contribution < 1.29 is 0 Å². The van der Waals surface area contributed by atoms with E-state index in [1.54, 1.807) is 0 Å². The van der Waals surface area contributed by atoms with Crippen molar-refractivity contribution in [2.45, 2.75) is 71.4 Å². The van der Waals surface area contributed by atoms with Crippen LogP contribution in [-0.2, 0) is 6.42 Å². The van der Waals surface area contributed by atoms with Crippen LogP contribution in [0.25, 0.3) is 0 Å². The predicted octanol–water partition coefficient (Wildman–Crippen LogP) is 2.81. The summed E-state index contributed by atoms with van der Waals surface area (Å²) in [6.07, 6.45) is 9.33. The molecule has 2 rings (SSSR count). The van der Waals surface area contributed by atoms with Gasteiger partial charge in [0, 0.05) is 24.7 Å². The average molecular weight is 264 g/mol. The standard InChI is InChI=1S/C15H28N4/c1-4-12(2)19-10-7-13(18-19)11-14(17-16)15(3)8-5-6-9-15/h7,10,12,14,17H,4-6,8-9,11,16H2,1-3H3. The Morgan fingerprint density at radius 2 is 2.16 bits per heavy atom. The van der Waals surface area contributed by atoms with Crippen molar-refractivity contribution in [3.63, 3.8) is 0 Å². The van der Waals surface area contributed by atoms with Gasteiger partial charge in [-0.15, -0.1) is 0 Å². The minimum absolute atomic E-state index is 0.328. The van der Waals surface area contributed by atoms with E-state index >= 15 is 0 Å². The zero-order valence-electron chi connectivity index (χ0n) is 12.5. The lowest BCUT2D eigenvalue weighted by atomic mass is 9.79. The number of hydrogen-bond donors (Lipinski definition) is 2. The van der Waals surface area contributed by atoms with E-state index in [0.29, 0.717) is 17.5 Å². The van der Waals surface area contributed by atoms with E-state index in [1.165, 1.54) is 25.7 Å². The van der Waals surface area contributed by atoms with E-state index in [1.807, 2.05) is 0 Å². The third kappa shape index (κ3) is 3.18. The summed E-state index contributed by atoms with van der Waals surface area (Å²) in [6.45, 7) is 6.75. The molecule has 0 radical (unpaired) electrons. The summed E-state index contributed by atoms with van der Waals surface area (Å²) in [6, 6.07) is 2.94. The Kier molecular flexibility index (Phi) is 4.63. The van der Waals surface area contributed by atoms with Gasteiger partial charge >= 0.3 is 0 Å². The third-order valence-corrected chi connectivity index (χ3v) is 4.91. The summed E-state index contributed by atoms with van der Waals surface area (Å²) in [4.78, 5) is 0. The number of hydrazine groups is 1. The summed E-state index contributed by atoms with van der Waals surface area (Å²) in [5, 5.41) is 4.69. The van der Waals surface area contributed by atoms with Crippen molar-refractivity contribution in [3.05, 3.63) is 18.0 Å². The van der Waals surface area contributed by atoms with Gasteiger partial charge in [-0.25, -0.2) is 0 Å². The Labute approximate surface area is 116 Å². The van der Waals surface area contributed by atoms with Crippen LogP contribution >= 0.6 is 0 Å². The van der Waals surface area contributed by atoms with Gasteiger partial charge in [-0.05, 0) is 37.7 Å². The first kappa shape index (κ1) is 14.5. The van der Waals surface area contributed by atoms with E-state index in [-0.39, 0.29) is 0 Å².